The summed E-state index contributed by atoms with van der Waals surface area (Å²) in [7, 11) is 0. The van der Waals surface area contributed by atoms with Crippen LogP contribution in [0, 0.1) is 0 Å². The summed E-state index contributed by atoms with van der Waals surface area (Å²) in [6, 6.07) is 5.51. The summed E-state index contributed by atoms with van der Waals surface area (Å²) in [5, 5.41) is 19.8. The van der Waals surface area contributed by atoms with Crippen molar-refractivity contribution in [2.45, 2.75) is 38.1 Å². The molecule has 0 amide bonds. The van der Waals surface area contributed by atoms with Crippen molar-refractivity contribution in [3.63, 3.8) is 0 Å². The van der Waals surface area contributed by atoms with Crippen molar-refractivity contribution in [2.75, 3.05) is 0 Å². The molecule has 2 atom stereocenters. The summed E-state index contributed by atoms with van der Waals surface area (Å²) in [6.45, 7) is 1.87. The number of hydrogen-bond donors (Lipinski definition) is 2. The van der Waals surface area contributed by atoms with Crippen LogP contribution in [-0.2, 0) is 4.74 Å². The smallest absolute Gasteiger partial charge is 0.208 e. The fourth-order valence-corrected chi connectivity index (χ4v) is 4.18. The predicted molar refractivity (Wildman–Crippen MR) is 89.8 cm³/mol. The first kappa shape index (κ1) is 15.4. The van der Waals surface area contributed by atoms with Gasteiger partial charge in [-0.2, -0.15) is 0 Å². The number of hydrogen-bond acceptors (Lipinski definition) is 6. The van der Waals surface area contributed by atoms with E-state index in [9.17, 15) is 19.8 Å². The minimum atomic E-state index is -0.722. The van der Waals surface area contributed by atoms with E-state index in [2.05, 4.69) is 0 Å². The molecule has 1 fully saturated rings. The molecule has 2 N–H and O–H groups in total. The Morgan fingerprint density at radius 2 is 1.81 bits per heavy atom. The number of aromatic hydroxyl groups is 2. The second kappa shape index (κ2) is 4.86. The zero-order valence-electron chi connectivity index (χ0n) is 14.0. The van der Waals surface area contributed by atoms with Crippen molar-refractivity contribution in [1.82, 2.24) is 0 Å². The average molecular weight is 352 g/mol. The van der Waals surface area contributed by atoms with Gasteiger partial charge in [-0.1, -0.05) is 0 Å². The lowest BCUT2D eigenvalue weighted by Crippen LogP contribution is -2.43. The summed E-state index contributed by atoms with van der Waals surface area (Å²) < 4.78 is 12.0. The van der Waals surface area contributed by atoms with E-state index in [0.29, 0.717) is 5.75 Å². The SMILES string of the molecule is C[C@@]12CCC[C@@H](O1)c1cc3c(cc1O2)C(=O)c1cc(O)cc(O)c1C3=O. The van der Waals surface area contributed by atoms with Crippen molar-refractivity contribution >= 4 is 11.6 Å². The minimum Gasteiger partial charge on any atom is -0.508 e. The highest BCUT2D eigenvalue weighted by molar-refractivity contribution is 6.29. The summed E-state index contributed by atoms with van der Waals surface area (Å²) in [5.74, 6) is -1.71. The Balaban J connectivity index is 1.73. The first-order valence-electron chi connectivity index (χ1n) is 8.56. The maximum atomic E-state index is 12.9. The standard InChI is InChI=1S/C20H16O6/c1-20-4-2-3-15(25-20)12-7-10-11(8-16(12)26-20)18(23)13-5-9(21)6-14(22)17(13)19(10)24/h5-8,15,21-22H,2-4H2,1H3/t15-,20-/m1/s1. The summed E-state index contributed by atoms with van der Waals surface area (Å²) >= 11 is 0. The van der Waals surface area contributed by atoms with Gasteiger partial charge in [0.05, 0.1) is 11.7 Å². The molecule has 132 valence electrons. The number of carbonyl (C=O) groups excluding carboxylic acids is 2. The van der Waals surface area contributed by atoms with Gasteiger partial charge in [0.15, 0.2) is 11.6 Å². The molecule has 26 heavy (non-hydrogen) atoms. The quantitative estimate of drug-likeness (QED) is 0.645. The Hall–Kier alpha value is -2.86. The van der Waals surface area contributed by atoms with E-state index in [0.717, 1.165) is 30.9 Å². The van der Waals surface area contributed by atoms with Crippen molar-refractivity contribution in [3.05, 3.63) is 52.1 Å². The molecule has 0 saturated carbocycles. The van der Waals surface area contributed by atoms with Crippen LogP contribution < -0.4 is 4.74 Å². The van der Waals surface area contributed by atoms with Crippen LogP contribution in [0.3, 0.4) is 0 Å². The number of carbonyl (C=O) groups is 2. The van der Waals surface area contributed by atoms with Gasteiger partial charge in [0, 0.05) is 41.7 Å². The van der Waals surface area contributed by atoms with Crippen molar-refractivity contribution < 1.29 is 29.3 Å². The maximum Gasteiger partial charge on any atom is 0.208 e. The number of fused-ring (bicyclic) bond motifs is 6. The van der Waals surface area contributed by atoms with E-state index < -0.39 is 23.1 Å². The minimum absolute atomic E-state index is 0.00147. The topological polar surface area (TPSA) is 93.1 Å². The van der Waals surface area contributed by atoms with Crippen LogP contribution in [-0.4, -0.2) is 27.6 Å². The van der Waals surface area contributed by atoms with E-state index >= 15 is 0 Å². The number of ether oxygens (including phenoxy) is 2. The highest BCUT2D eigenvalue weighted by atomic mass is 16.7. The zero-order chi connectivity index (χ0) is 18.2. The summed E-state index contributed by atoms with van der Waals surface area (Å²) in [4.78, 5) is 25.8. The van der Waals surface area contributed by atoms with Crippen LogP contribution in [0.25, 0.3) is 0 Å². The Bertz CT molecular complexity index is 1010. The second-order valence-corrected chi connectivity index (χ2v) is 7.22. The van der Waals surface area contributed by atoms with E-state index in [1.807, 2.05) is 6.92 Å². The normalized spacial score (nSPS) is 25.8. The second-order valence-electron chi connectivity index (χ2n) is 7.22. The number of phenols is 2. The van der Waals surface area contributed by atoms with Crippen LogP contribution in [0.15, 0.2) is 24.3 Å². The first-order chi connectivity index (χ1) is 12.4. The van der Waals surface area contributed by atoms with E-state index in [4.69, 9.17) is 9.47 Å². The molecule has 0 unspecified atom stereocenters. The maximum absolute atomic E-state index is 12.9. The van der Waals surface area contributed by atoms with Crippen molar-refractivity contribution in [2.24, 2.45) is 0 Å². The lowest BCUT2D eigenvalue weighted by Gasteiger charge is -2.44. The van der Waals surface area contributed by atoms with Gasteiger partial charge in [0.1, 0.15) is 17.2 Å². The number of benzene rings is 2. The van der Waals surface area contributed by atoms with Gasteiger partial charge in [-0.3, -0.25) is 9.59 Å². The monoisotopic (exact) mass is 352 g/mol. The fourth-order valence-electron chi connectivity index (χ4n) is 4.18. The molecule has 2 aromatic rings. The molecule has 2 aliphatic heterocycles. The van der Waals surface area contributed by atoms with Crippen LogP contribution >= 0.6 is 0 Å². The molecule has 6 heteroatoms. The van der Waals surface area contributed by atoms with Crippen molar-refractivity contribution in [1.29, 1.82) is 0 Å². The molecule has 5 rings (SSSR count). The molecule has 0 radical (unpaired) electrons. The summed E-state index contributed by atoms with van der Waals surface area (Å²) in [6.07, 6.45) is 2.36. The van der Waals surface area contributed by atoms with E-state index in [1.165, 1.54) is 6.07 Å². The average Bonchev–Trinajstić information content (AvgIpc) is 2.57. The Kier molecular flexibility index (Phi) is 2.88. The van der Waals surface area contributed by atoms with E-state index in [1.54, 1.807) is 12.1 Å². The molecule has 2 bridgehead atoms. The molecule has 0 spiro atoms. The van der Waals surface area contributed by atoms with Gasteiger partial charge in [0.25, 0.3) is 0 Å². The molecule has 3 aliphatic rings. The number of ketones is 2. The predicted octanol–water partition coefficient (Wildman–Crippen LogP) is 3.22. The molecule has 2 heterocycles. The van der Waals surface area contributed by atoms with Crippen LogP contribution in [0.5, 0.6) is 17.2 Å². The fraction of sp³-hybridized carbons (Fsp3) is 0.300. The molecule has 0 aromatic heterocycles. The number of rotatable bonds is 0. The lowest BCUT2D eigenvalue weighted by molar-refractivity contribution is -0.243. The molecule has 1 saturated heterocycles. The third kappa shape index (κ3) is 1.96. The largest absolute Gasteiger partial charge is 0.508 e. The highest BCUT2D eigenvalue weighted by Gasteiger charge is 2.43. The molecule has 2 aromatic carbocycles. The van der Waals surface area contributed by atoms with Gasteiger partial charge >= 0.3 is 0 Å². The Labute approximate surface area is 149 Å². The van der Waals surface area contributed by atoms with Crippen LogP contribution in [0.2, 0.25) is 0 Å². The van der Waals surface area contributed by atoms with Crippen LogP contribution in [0.1, 0.15) is 69.7 Å². The molecular weight excluding hydrogens is 336 g/mol. The van der Waals surface area contributed by atoms with Gasteiger partial charge in [0.2, 0.25) is 5.79 Å². The Morgan fingerprint density at radius 1 is 1.04 bits per heavy atom. The molecule has 6 nitrogen and oxygen atoms in total. The molecular formula is C20H16O6. The molecule has 1 aliphatic carbocycles. The third-order valence-electron chi connectivity index (χ3n) is 5.37. The van der Waals surface area contributed by atoms with Gasteiger partial charge in [-0.05, 0) is 31.0 Å². The number of phenolic OH excluding ortho intramolecular Hbond substituents is 2. The van der Waals surface area contributed by atoms with Gasteiger partial charge < -0.3 is 19.7 Å². The van der Waals surface area contributed by atoms with Gasteiger partial charge in [-0.25, -0.2) is 0 Å². The first-order valence-corrected chi connectivity index (χ1v) is 8.56. The summed E-state index contributed by atoms with van der Waals surface area (Å²) in [5.41, 5.74) is 1.12. The van der Waals surface area contributed by atoms with Crippen molar-refractivity contribution in [3.8, 4) is 17.2 Å². The van der Waals surface area contributed by atoms with Gasteiger partial charge in [-0.15, -0.1) is 0 Å². The van der Waals surface area contributed by atoms with Crippen LogP contribution in [0.4, 0.5) is 0 Å². The zero-order valence-corrected chi connectivity index (χ0v) is 14.0. The van der Waals surface area contributed by atoms with E-state index in [-0.39, 0.29) is 34.1 Å². The Morgan fingerprint density at radius 3 is 2.62 bits per heavy atom. The highest BCUT2D eigenvalue weighted by Crippen LogP contribution is 2.48. The lowest BCUT2D eigenvalue weighted by atomic mass is 9.81. The third-order valence-corrected chi connectivity index (χ3v) is 5.37.